The summed E-state index contributed by atoms with van der Waals surface area (Å²) in [5, 5.41) is 24.0. The zero-order valence-electron chi connectivity index (χ0n) is 22.8. The largest absolute Gasteiger partial charge is 0.445 e. The van der Waals surface area contributed by atoms with Crippen molar-refractivity contribution in [1.82, 2.24) is 10.2 Å². The molecule has 0 spiro atoms. The van der Waals surface area contributed by atoms with Crippen LogP contribution >= 0.6 is 0 Å². The third kappa shape index (κ3) is 10.2. The van der Waals surface area contributed by atoms with Crippen LogP contribution in [0.1, 0.15) is 24.0 Å². The van der Waals surface area contributed by atoms with E-state index in [1.54, 1.807) is 0 Å². The predicted octanol–water partition coefficient (Wildman–Crippen LogP) is 1.98. The summed E-state index contributed by atoms with van der Waals surface area (Å²) in [5.74, 6) is -1.80. The standard InChI is InChI=1S/C25H29N5O12S/c1-43(38,39)42-22-11-21(28(13-22)25(33)41-15-17-4-8-20(9-5-17)30(36)37)10-18(23(26)31)12-27-24(32)40-14-16-2-6-19(7-3-16)29(34)35/h2-9,18,21-22H,10-15H2,1H3,(H2,26,31)(H,27,32)/t18?,21-,22+/m0/s1. The second kappa shape index (κ2) is 14.4. The predicted molar refractivity (Wildman–Crippen MR) is 147 cm³/mol. The molecule has 18 heteroatoms. The topological polar surface area (TPSA) is 241 Å². The summed E-state index contributed by atoms with van der Waals surface area (Å²) in [6.45, 7) is -0.882. The minimum atomic E-state index is -3.88. The van der Waals surface area contributed by atoms with Crippen molar-refractivity contribution < 1.29 is 46.3 Å². The lowest BCUT2D eigenvalue weighted by Gasteiger charge is -2.26. The molecule has 0 saturated carbocycles. The number of alkyl carbamates (subject to hydrolysis) is 1. The monoisotopic (exact) mass is 623 g/mol. The van der Waals surface area contributed by atoms with Crippen LogP contribution < -0.4 is 11.1 Å². The molecule has 3 N–H and O–H groups in total. The highest BCUT2D eigenvalue weighted by Gasteiger charge is 2.40. The van der Waals surface area contributed by atoms with Gasteiger partial charge in [-0.2, -0.15) is 8.42 Å². The highest BCUT2D eigenvalue weighted by molar-refractivity contribution is 7.86. The van der Waals surface area contributed by atoms with Crippen LogP contribution in [0.15, 0.2) is 48.5 Å². The maximum atomic E-state index is 13.0. The number of nitro groups is 2. The third-order valence-corrected chi connectivity index (χ3v) is 7.02. The van der Waals surface area contributed by atoms with Crippen LogP contribution in [0.2, 0.25) is 0 Å². The molecule has 43 heavy (non-hydrogen) atoms. The van der Waals surface area contributed by atoms with Crippen molar-refractivity contribution in [2.75, 3.05) is 19.3 Å². The lowest BCUT2D eigenvalue weighted by Crippen LogP contribution is -2.42. The Hall–Kier alpha value is -4.84. The Balaban J connectivity index is 1.60. The van der Waals surface area contributed by atoms with Crippen molar-refractivity contribution in [3.05, 3.63) is 79.9 Å². The minimum absolute atomic E-state index is 0.0219. The molecule has 2 aromatic rings. The summed E-state index contributed by atoms with van der Waals surface area (Å²) >= 11 is 0. The molecule has 0 bridgehead atoms. The van der Waals surface area contributed by atoms with Gasteiger partial charge in [0.1, 0.15) is 13.2 Å². The van der Waals surface area contributed by atoms with Gasteiger partial charge < -0.3 is 25.4 Å². The maximum absolute atomic E-state index is 13.0. The van der Waals surface area contributed by atoms with Crippen molar-refractivity contribution >= 4 is 39.6 Å². The number of amides is 3. The van der Waals surface area contributed by atoms with Gasteiger partial charge in [-0.05, 0) is 48.2 Å². The van der Waals surface area contributed by atoms with Crippen molar-refractivity contribution in [3.63, 3.8) is 0 Å². The van der Waals surface area contributed by atoms with Gasteiger partial charge in [0.15, 0.2) is 0 Å². The van der Waals surface area contributed by atoms with E-state index in [1.807, 2.05) is 0 Å². The number of nitrogens with two attached hydrogens (primary N) is 1. The molecule has 0 aliphatic carbocycles. The first-order valence-electron chi connectivity index (χ1n) is 12.7. The number of nitrogens with one attached hydrogen (secondary N) is 1. The summed E-state index contributed by atoms with van der Waals surface area (Å²) < 4.78 is 38.9. The van der Waals surface area contributed by atoms with Gasteiger partial charge in [0.25, 0.3) is 21.5 Å². The summed E-state index contributed by atoms with van der Waals surface area (Å²) in [6, 6.07) is 9.92. The third-order valence-electron chi connectivity index (χ3n) is 6.40. The van der Waals surface area contributed by atoms with E-state index in [-0.39, 0.29) is 50.5 Å². The molecule has 3 amide bonds. The van der Waals surface area contributed by atoms with E-state index in [4.69, 9.17) is 19.4 Å². The summed E-state index contributed by atoms with van der Waals surface area (Å²) in [5.41, 5.74) is 6.21. The summed E-state index contributed by atoms with van der Waals surface area (Å²) in [6.07, 6.45) is -1.87. The minimum Gasteiger partial charge on any atom is -0.445 e. The fourth-order valence-electron chi connectivity index (χ4n) is 4.33. The van der Waals surface area contributed by atoms with Crippen LogP contribution in [-0.4, -0.2) is 72.7 Å². The van der Waals surface area contributed by atoms with E-state index < -0.39 is 56.1 Å². The lowest BCUT2D eigenvalue weighted by atomic mass is 9.97. The zero-order chi connectivity index (χ0) is 31.7. The van der Waals surface area contributed by atoms with Gasteiger partial charge in [-0.3, -0.25) is 29.2 Å². The van der Waals surface area contributed by atoms with E-state index in [0.717, 1.165) is 6.26 Å². The molecular weight excluding hydrogens is 594 g/mol. The van der Waals surface area contributed by atoms with Crippen molar-refractivity contribution in [1.29, 1.82) is 0 Å². The number of nitro benzene ring substituents is 2. The molecule has 1 unspecified atom stereocenters. The Kier molecular flexibility index (Phi) is 10.9. The highest BCUT2D eigenvalue weighted by Crippen LogP contribution is 2.28. The Morgan fingerprint density at radius 2 is 1.49 bits per heavy atom. The number of hydrogen-bond donors (Lipinski definition) is 2. The van der Waals surface area contributed by atoms with Crippen LogP contribution in [-0.2, 0) is 41.8 Å². The first-order valence-corrected chi connectivity index (χ1v) is 14.5. The smallest absolute Gasteiger partial charge is 0.410 e. The average molecular weight is 624 g/mol. The SMILES string of the molecule is CS(=O)(=O)O[C@@H]1C[C@H](CC(CNC(=O)OCc2ccc([N+](=O)[O-])cc2)C(N)=O)N(C(=O)OCc2ccc([N+](=O)[O-])cc2)C1. The van der Waals surface area contributed by atoms with E-state index >= 15 is 0 Å². The first-order chi connectivity index (χ1) is 20.2. The van der Waals surface area contributed by atoms with E-state index in [2.05, 4.69) is 5.32 Å². The number of hydrogen-bond acceptors (Lipinski definition) is 12. The fourth-order valence-corrected chi connectivity index (χ4v) is 4.96. The second-order valence-electron chi connectivity index (χ2n) is 9.66. The van der Waals surface area contributed by atoms with Gasteiger partial charge >= 0.3 is 12.2 Å². The molecule has 1 aliphatic rings. The number of primary amides is 1. The van der Waals surface area contributed by atoms with Gasteiger partial charge in [0.2, 0.25) is 5.91 Å². The Labute approximate surface area is 245 Å². The summed E-state index contributed by atoms with van der Waals surface area (Å²) in [4.78, 5) is 59.0. The first kappa shape index (κ1) is 32.7. The average Bonchev–Trinajstić information content (AvgIpc) is 3.33. The van der Waals surface area contributed by atoms with E-state index in [0.29, 0.717) is 11.1 Å². The van der Waals surface area contributed by atoms with Gasteiger partial charge in [0, 0.05) is 36.9 Å². The number of benzene rings is 2. The van der Waals surface area contributed by atoms with Gasteiger partial charge in [-0.15, -0.1) is 0 Å². The van der Waals surface area contributed by atoms with Crippen LogP contribution in [0.5, 0.6) is 0 Å². The van der Waals surface area contributed by atoms with E-state index in [1.165, 1.54) is 53.4 Å². The van der Waals surface area contributed by atoms with Crippen LogP contribution in [0.3, 0.4) is 0 Å². The molecule has 0 radical (unpaired) electrons. The zero-order valence-corrected chi connectivity index (χ0v) is 23.6. The number of rotatable bonds is 13. The second-order valence-corrected chi connectivity index (χ2v) is 11.3. The van der Waals surface area contributed by atoms with Crippen LogP contribution in [0, 0.1) is 26.1 Å². The van der Waals surface area contributed by atoms with Gasteiger partial charge in [0.05, 0.1) is 34.7 Å². The van der Waals surface area contributed by atoms with E-state index in [9.17, 15) is 43.0 Å². The van der Waals surface area contributed by atoms with Crippen molar-refractivity contribution in [3.8, 4) is 0 Å². The Morgan fingerprint density at radius 1 is 0.977 bits per heavy atom. The number of ether oxygens (including phenoxy) is 2. The number of non-ortho nitro benzene ring substituents is 2. The van der Waals surface area contributed by atoms with Crippen molar-refractivity contribution in [2.24, 2.45) is 11.7 Å². The van der Waals surface area contributed by atoms with Gasteiger partial charge in [-0.25, -0.2) is 9.59 Å². The number of carbonyl (C=O) groups is 3. The Bertz CT molecular complexity index is 1450. The maximum Gasteiger partial charge on any atom is 0.410 e. The molecule has 17 nitrogen and oxygen atoms in total. The molecule has 1 aliphatic heterocycles. The molecule has 0 aromatic heterocycles. The molecule has 2 aromatic carbocycles. The number of likely N-dealkylation sites (tertiary alicyclic amines) is 1. The highest BCUT2D eigenvalue weighted by atomic mass is 32.2. The van der Waals surface area contributed by atoms with Crippen molar-refractivity contribution in [2.45, 2.75) is 38.2 Å². The van der Waals surface area contributed by atoms with Crippen LogP contribution in [0.25, 0.3) is 0 Å². The molecule has 232 valence electrons. The fraction of sp³-hybridized carbons (Fsp3) is 0.400. The molecular formula is C25H29N5O12S. The molecule has 3 atom stereocenters. The molecule has 1 saturated heterocycles. The number of nitrogens with zero attached hydrogens (tertiary/aromatic N) is 3. The number of carbonyl (C=O) groups excluding carboxylic acids is 3. The summed E-state index contributed by atoms with van der Waals surface area (Å²) in [7, 11) is -3.88. The molecule has 1 fully saturated rings. The van der Waals surface area contributed by atoms with Gasteiger partial charge in [-0.1, -0.05) is 0 Å². The quantitative estimate of drug-likeness (QED) is 0.185. The van der Waals surface area contributed by atoms with Crippen LogP contribution in [0.4, 0.5) is 21.0 Å². The lowest BCUT2D eigenvalue weighted by molar-refractivity contribution is -0.385. The normalized spacial score (nSPS) is 17.1. The Morgan fingerprint density at radius 3 is 1.95 bits per heavy atom. The molecule has 3 rings (SSSR count). The molecule has 1 heterocycles.